The molecule has 25 heavy (non-hydrogen) atoms. The standard InChI is InChI=1S/C20H16N4O/c1-13-6-5-9-15(10-13)24-20-17-16(11-21-19(17)22-12-23-20)18(25)14-7-3-2-4-8-14/h2-12H,1H3,(H2,21,22,23,24). The van der Waals surface area contributed by atoms with Crippen molar-refractivity contribution >= 4 is 28.3 Å². The number of nitrogens with zero attached hydrogens (tertiary/aromatic N) is 2. The summed E-state index contributed by atoms with van der Waals surface area (Å²) in [5, 5.41) is 3.99. The van der Waals surface area contributed by atoms with E-state index >= 15 is 0 Å². The fourth-order valence-electron chi connectivity index (χ4n) is 2.84. The van der Waals surface area contributed by atoms with Crippen LogP contribution < -0.4 is 5.32 Å². The molecule has 0 aliphatic carbocycles. The number of H-pyrrole nitrogens is 1. The minimum Gasteiger partial charge on any atom is -0.345 e. The number of hydrogen-bond donors (Lipinski definition) is 2. The molecule has 0 bridgehead atoms. The van der Waals surface area contributed by atoms with E-state index in [9.17, 15) is 4.79 Å². The summed E-state index contributed by atoms with van der Waals surface area (Å²) in [6.07, 6.45) is 3.17. The number of rotatable bonds is 4. The predicted octanol–water partition coefficient (Wildman–Crippen LogP) is 4.24. The number of carbonyl (C=O) groups is 1. The Morgan fingerprint density at radius 3 is 2.68 bits per heavy atom. The Kier molecular flexibility index (Phi) is 3.74. The van der Waals surface area contributed by atoms with Crippen LogP contribution in [0.5, 0.6) is 0 Å². The molecular formula is C20H16N4O. The highest BCUT2D eigenvalue weighted by atomic mass is 16.1. The molecule has 0 fully saturated rings. The van der Waals surface area contributed by atoms with Gasteiger partial charge in [-0.1, -0.05) is 42.5 Å². The highest BCUT2D eigenvalue weighted by Crippen LogP contribution is 2.28. The lowest BCUT2D eigenvalue weighted by Gasteiger charge is -2.08. The minimum absolute atomic E-state index is 0.0612. The van der Waals surface area contributed by atoms with Crippen molar-refractivity contribution in [3.63, 3.8) is 0 Å². The van der Waals surface area contributed by atoms with E-state index in [1.165, 1.54) is 6.33 Å². The summed E-state index contributed by atoms with van der Waals surface area (Å²) in [6.45, 7) is 2.03. The maximum atomic E-state index is 12.9. The van der Waals surface area contributed by atoms with E-state index in [0.717, 1.165) is 11.3 Å². The number of aromatic amines is 1. The Hall–Kier alpha value is -3.47. The van der Waals surface area contributed by atoms with Gasteiger partial charge >= 0.3 is 0 Å². The Bertz CT molecular complexity index is 1050. The van der Waals surface area contributed by atoms with Crippen LogP contribution >= 0.6 is 0 Å². The van der Waals surface area contributed by atoms with E-state index < -0.39 is 0 Å². The largest absolute Gasteiger partial charge is 0.345 e. The number of hydrogen-bond acceptors (Lipinski definition) is 4. The number of nitrogens with one attached hydrogen (secondary N) is 2. The molecule has 0 spiro atoms. The van der Waals surface area contributed by atoms with Gasteiger partial charge in [0.1, 0.15) is 17.8 Å². The number of fused-ring (bicyclic) bond motifs is 1. The van der Waals surface area contributed by atoms with Crippen molar-refractivity contribution < 1.29 is 4.79 Å². The first-order valence-electron chi connectivity index (χ1n) is 7.98. The molecule has 0 saturated carbocycles. The first-order chi connectivity index (χ1) is 12.2. The van der Waals surface area contributed by atoms with Crippen molar-refractivity contribution in [2.75, 3.05) is 5.32 Å². The van der Waals surface area contributed by atoms with Gasteiger partial charge in [0, 0.05) is 17.4 Å². The molecule has 4 aromatic rings. The van der Waals surface area contributed by atoms with E-state index in [2.05, 4.69) is 20.3 Å². The fourth-order valence-corrected chi connectivity index (χ4v) is 2.84. The van der Waals surface area contributed by atoms with Crippen molar-refractivity contribution in [1.82, 2.24) is 15.0 Å². The predicted molar refractivity (Wildman–Crippen MR) is 98.2 cm³/mol. The molecule has 4 rings (SSSR count). The molecule has 122 valence electrons. The molecule has 0 aliphatic heterocycles. The number of aryl methyl sites for hydroxylation is 1. The third-order valence-corrected chi connectivity index (χ3v) is 4.03. The van der Waals surface area contributed by atoms with Gasteiger partial charge < -0.3 is 10.3 Å². The van der Waals surface area contributed by atoms with Crippen LogP contribution in [0.15, 0.2) is 67.1 Å². The molecule has 5 nitrogen and oxygen atoms in total. The SMILES string of the molecule is Cc1cccc(Nc2ncnc3[nH]cc(C(=O)c4ccccc4)c23)c1. The lowest BCUT2D eigenvalue weighted by atomic mass is 10.0. The third kappa shape index (κ3) is 2.87. The van der Waals surface area contributed by atoms with Crippen molar-refractivity contribution in [3.05, 3.63) is 83.8 Å². The van der Waals surface area contributed by atoms with Gasteiger partial charge in [-0.15, -0.1) is 0 Å². The van der Waals surface area contributed by atoms with Gasteiger partial charge in [0.15, 0.2) is 5.78 Å². The molecule has 2 heterocycles. The molecule has 0 radical (unpaired) electrons. The monoisotopic (exact) mass is 328 g/mol. The Morgan fingerprint density at radius 2 is 1.88 bits per heavy atom. The van der Waals surface area contributed by atoms with E-state index in [1.54, 1.807) is 18.3 Å². The molecule has 0 aliphatic rings. The highest BCUT2D eigenvalue weighted by molar-refractivity contribution is 6.18. The van der Waals surface area contributed by atoms with Gasteiger partial charge in [-0.2, -0.15) is 0 Å². The zero-order valence-corrected chi connectivity index (χ0v) is 13.7. The zero-order valence-electron chi connectivity index (χ0n) is 13.7. The van der Waals surface area contributed by atoms with Crippen LogP contribution in [0.1, 0.15) is 21.5 Å². The molecule has 0 amide bonds. The molecular weight excluding hydrogens is 312 g/mol. The normalized spacial score (nSPS) is 10.8. The maximum absolute atomic E-state index is 12.9. The second-order valence-corrected chi connectivity index (χ2v) is 5.84. The number of carbonyl (C=O) groups excluding carboxylic acids is 1. The van der Waals surface area contributed by atoms with Gasteiger partial charge in [-0.3, -0.25) is 4.79 Å². The Labute approximate surface area is 144 Å². The van der Waals surface area contributed by atoms with E-state index in [-0.39, 0.29) is 5.78 Å². The lowest BCUT2D eigenvalue weighted by Crippen LogP contribution is -2.02. The zero-order chi connectivity index (χ0) is 17.2. The summed E-state index contributed by atoms with van der Waals surface area (Å²) in [4.78, 5) is 24.5. The van der Waals surface area contributed by atoms with E-state index in [1.807, 2.05) is 49.4 Å². The first kappa shape index (κ1) is 15.1. The van der Waals surface area contributed by atoms with Crippen LogP contribution in [-0.2, 0) is 0 Å². The summed E-state index contributed by atoms with van der Waals surface area (Å²) in [5.74, 6) is 0.546. The van der Waals surface area contributed by atoms with E-state index in [4.69, 9.17) is 0 Å². The van der Waals surface area contributed by atoms with Gasteiger partial charge in [0.05, 0.1) is 10.9 Å². The molecule has 2 aromatic heterocycles. The lowest BCUT2D eigenvalue weighted by molar-refractivity contribution is 0.104. The average Bonchev–Trinajstić information content (AvgIpc) is 3.07. The van der Waals surface area contributed by atoms with Gasteiger partial charge in [0.2, 0.25) is 0 Å². The third-order valence-electron chi connectivity index (χ3n) is 4.03. The molecule has 2 N–H and O–H groups in total. The van der Waals surface area contributed by atoms with Gasteiger partial charge in [-0.05, 0) is 24.6 Å². The van der Waals surface area contributed by atoms with Gasteiger partial charge in [-0.25, -0.2) is 9.97 Å². The summed E-state index contributed by atoms with van der Waals surface area (Å²) in [6, 6.07) is 17.2. The summed E-state index contributed by atoms with van der Waals surface area (Å²) in [7, 11) is 0. The minimum atomic E-state index is -0.0612. The molecule has 0 unspecified atom stereocenters. The average molecular weight is 328 g/mol. The quantitative estimate of drug-likeness (QED) is 0.550. The Morgan fingerprint density at radius 1 is 1.04 bits per heavy atom. The van der Waals surface area contributed by atoms with Crippen LogP contribution in [0, 0.1) is 6.92 Å². The molecule has 0 saturated heterocycles. The summed E-state index contributed by atoms with van der Waals surface area (Å²) >= 11 is 0. The summed E-state index contributed by atoms with van der Waals surface area (Å²) in [5.41, 5.74) is 3.87. The molecule has 5 heteroatoms. The van der Waals surface area contributed by atoms with Crippen LogP contribution in [0.4, 0.5) is 11.5 Å². The maximum Gasteiger partial charge on any atom is 0.195 e. The summed E-state index contributed by atoms with van der Waals surface area (Å²) < 4.78 is 0. The topological polar surface area (TPSA) is 70.7 Å². The van der Waals surface area contributed by atoms with Crippen LogP contribution in [0.3, 0.4) is 0 Å². The molecule has 0 atom stereocenters. The van der Waals surface area contributed by atoms with Crippen molar-refractivity contribution in [3.8, 4) is 0 Å². The van der Waals surface area contributed by atoms with Crippen LogP contribution in [-0.4, -0.2) is 20.7 Å². The van der Waals surface area contributed by atoms with Crippen LogP contribution in [0.25, 0.3) is 11.0 Å². The van der Waals surface area contributed by atoms with Crippen molar-refractivity contribution in [2.24, 2.45) is 0 Å². The number of aromatic nitrogens is 3. The highest BCUT2D eigenvalue weighted by Gasteiger charge is 2.18. The number of ketones is 1. The Balaban J connectivity index is 1.81. The fraction of sp³-hybridized carbons (Fsp3) is 0.0500. The second-order valence-electron chi connectivity index (χ2n) is 5.84. The smallest absolute Gasteiger partial charge is 0.195 e. The van der Waals surface area contributed by atoms with Crippen molar-refractivity contribution in [2.45, 2.75) is 6.92 Å². The number of anilines is 2. The van der Waals surface area contributed by atoms with Gasteiger partial charge in [0.25, 0.3) is 0 Å². The van der Waals surface area contributed by atoms with Crippen LogP contribution in [0.2, 0.25) is 0 Å². The van der Waals surface area contributed by atoms with E-state index in [0.29, 0.717) is 28.0 Å². The first-order valence-corrected chi connectivity index (χ1v) is 7.98. The van der Waals surface area contributed by atoms with Crippen molar-refractivity contribution in [1.29, 1.82) is 0 Å². The second kappa shape index (κ2) is 6.20. The number of benzene rings is 2. The molecule has 2 aromatic carbocycles.